The summed E-state index contributed by atoms with van der Waals surface area (Å²) in [5.41, 5.74) is 2.83. The van der Waals surface area contributed by atoms with Crippen LogP contribution in [0.5, 0.6) is 5.75 Å². The molecule has 1 unspecified atom stereocenters. The number of ether oxygens (including phenoxy) is 2. The fraction of sp³-hybridized carbons (Fsp3) is 0.375. The van der Waals surface area contributed by atoms with Crippen LogP contribution in [0.3, 0.4) is 0 Å². The van der Waals surface area contributed by atoms with Crippen LogP contribution in [0.15, 0.2) is 61.2 Å². The van der Waals surface area contributed by atoms with E-state index in [1.165, 1.54) is 23.1 Å². The van der Waals surface area contributed by atoms with Gasteiger partial charge in [-0.1, -0.05) is 0 Å². The minimum absolute atomic E-state index is 0.124. The molecule has 3 saturated heterocycles. The number of hydrogen-bond donors (Lipinski definition) is 2. The van der Waals surface area contributed by atoms with E-state index in [1.807, 2.05) is 12.1 Å². The standard InChI is InChI=1S/C32H33FN10O3/c33-26-17-43(31(44)30-35-8-9-36-30)10-7-28(26)46-27-6-1-21(15-22(27)16-34)29-37-20-38-32(40-29)39-23-2-4-24(5-3-23)41-11-13-42(14-12-41)25-18-45-19-25/h1-6,8-9,15,20,25-26,28H,7,10-14,17-19H2,(H,35,36)(H,37,38,39,40)/t26-,28?/m1/s1. The quantitative estimate of drug-likeness (QED) is 0.298. The van der Waals surface area contributed by atoms with E-state index >= 15 is 4.39 Å². The summed E-state index contributed by atoms with van der Waals surface area (Å²) >= 11 is 0. The van der Waals surface area contributed by atoms with Crippen molar-refractivity contribution in [3.8, 4) is 23.2 Å². The van der Waals surface area contributed by atoms with Crippen LogP contribution in [-0.4, -0.2) is 111 Å². The molecule has 3 fully saturated rings. The number of piperidine rings is 1. The van der Waals surface area contributed by atoms with Crippen molar-refractivity contribution >= 4 is 23.2 Å². The van der Waals surface area contributed by atoms with Gasteiger partial charge in [-0.2, -0.15) is 10.2 Å². The molecular weight excluding hydrogens is 591 g/mol. The van der Waals surface area contributed by atoms with Crippen LogP contribution in [0.4, 0.5) is 21.7 Å². The van der Waals surface area contributed by atoms with Crippen molar-refractivity contribution in [3.05, 3.63) is 72.6 Å². The molecule has 0 radical (unpaired) electrons. The number of piperazine rings is 1. The summed E-state index contributed by atoms with van der Waals surface area (Å²) < 4.78 is 26.4. The van der Waals surface area contributed by atoms with E-state index in [2.05, 4.69) is 58.2 Å². The molecule has 13 nitrogen and oxygen atoms in total. The largest absolute Gasteiger partial charge is 0.486 e. The molecule has 0 aliphatic carbocycles. The topological polar surface area (TPSA) is 148 Å². The number of likely N-dealkylation sites (tertiary alicyclic amines) is 1. The highest BCUT2D eigenvalue weighted by Crippen LogP contribution is 2.29. The van der Waals surface area contributed by atoms with E-state index in [0.717, 1.165) is 45.1 Å². The lowest BCUT2D eigenvalue weighted by Crippen LogP contribution is -2.56. The maximum Gasteiger partial charge on any atom is 0.289 e. The number of nitrogens with zero attached hydrogens (tertiary/aromatic N) is 8. The number of hydrogen-bond acceptors (Lipinski definition) is 11. The van der Waals surface area contributed by atoms with Gasteiger partial charge in [0.1, 0.15) is 24.3 Å². The number of carbonyl (C=O) groups is 1. The van der Waals surface area contributed by atoms with Crippen LogP contribution in [0, 0.1) is 11.3 Å². The van der Waals surface area contributed by atoms with Gasteiger partial charge in [0.05, 0.1) is 31.4 Å². The summed E-state index contributed by atoms with van der Waals surface area (Å²) in [6.45, 7) is 5.91. The van der Waals surface area contributed by atoms with Gasteiger partial charge in [-0.05, 0) is 42.5 Å². The highest BCUT2D eigenvalue weighted by atomic mass is 19.1. The average Bonchev–Trinajstić information content (AvgIpc) is 3.61. The molecule has 3 aliphatic heterocycles. The average molecular weight is 625 g/mol. The van der Waals surface area contributed by atoms with Gasteiger partial charge in [0.2, 0.25) is 5.95 Å². The molecule has 7 rings (SSSR count). The summed E-state index contributed by atoms with van der Waals surface area (Å²) in [6.07, 6.45) is 2.48. The van der Waals surface area contributed by atoms with Gasteiger partial charge in [0, 0.05) is 68.5 Å². The van der Waals surface area contributed by atoms with Crippen LogP contribution in [0.25, 0.3) is 11.4 Å². The molecule has 3 aliphatic rings. The number of imidazole rings is 1. The second-order valence-corrected chi connectivity index (χ2v) is 11.5. The number of nitrogens with one attached hydrogen (secondary N) is 2. The van der Waals surface area contributed by atoms with Crippen LogP contribution in [0.2, 0.25) is 0 Å². The van der Waals surface area contributed by atoms with Crippen LogP contribution in [0.1, 0.15) is 22.6 Å². The third-order valence-electron chi connectivity index (χ3n) is 8.62. The van der Waals surface area contributed by atoms with Gasteiger partial charge in [-0.3, -0.25) is 9.69 Å². The van der Waals surface area contributed by atoms with E-state index < -0.39 is 12.3 Å². The first-order valence-corrected chi connectivity index (χ1v) is 15.3. The Labute approximate surface area is 265 Å². The SMILES string of the molecule is N#Cc1cc(-c2ncnc(Nc3ccc(N4CCN(C5COC5)CC4)cc3)n2)ccc1OC1CCN(C(=O)c2ncc[nH]2)C[C@H]1F. The number of H-pyrrole nitrogens is 1. The van der Waals surface area contributed by atoms with Gasteiger partial charge in [-0.25, -0.2) is 19.3 Å². The Morgan fingerprint density at radius 1 is 1.07 bits per heavy atom. The van der Waals surface area contributed by atoms with Crippen molar-refractivity contribution in [3.63, 3.8) is 0 Å². The molecule has 14 heteroatoms. The summed E-state index contributed by atoms with van der Waals surface area (Å²) in [4.78, 5) is 38.7. The predicted octanol–water partition coefficient (Wildman–Crippen LogP) is 3.03. The highest BCUT2D eigenvalue weighted by Gasteiger charge is 2.34. The van der Waals surface area contributed by atoms with E-state index in [9.17, 15) is 10.1 Å². The predicted molar refractivity (Wildman–Crippen MR) is 167 cm³/mol. The monoisotopic (exact) mass is 624 g/mol. The third-order valence-corrected chi connectivity index (χ3v) is 8.62. The molecule has 0 spiro atoms. The molecule has 5 heterocycles. The number of benzene rings is 2. The van der Waals surface area contributed by atoms with Gasteiger partial charge >= 0.3 is 0 Å². The number of halogens is 1. The summed E-state index contributed by atoms with van der Waals surface area (Å²) in [5.74, 6) is 0.809. The maximum atomic E-state index is 15.1. The van der Waals surface area contributed by atoms with Crippen LogP contribution < -0.4 is 15.0 Å². The molecule has 1 amide bonds. The number of nitriles is 1. The minimum Gasteiger partial charge on any atom is -0.486 e. The van der Waals surface area contributed by atoms with Crippen molar-refractivity contribution in [1.29, 1.82) is 5.26 Å². The zero-order valence-corrected chi connectivity index (χ0v) is 25.0. The van der Waals surface area contributed by atoms with Crippen molar-refractivity contribution in [2.24, 2.45) is 0 Å². The second kappa shape index (κ2) is 13.1. The van der Waals surface area contributed by atoms with Gasteiger partial charge in [0.25, 0.3) is 5.91 Å². The number of amides is 1. The Morgan fingerprint density at radius 3 is 2.59 bits per heavy atom. The number of alkyl halides is 1. The van der Waals surface area contributed by atoms with Crippen molar-refractivity contribution in [1.82, 2.24) is 34.7 Å². The Bertz CT molecular complexity index is 1700. The molecule has 2 aromatic carbocycles. The van der Waals surface area contributed by atoms with Crippen LogP contribution in [-0.2, 0) is 4.74 Å². The molecule has 2 atom stereocenters. The Balaban J connectivity index is 0.968. The summed E-state index contributed by atoms with van der Waals surface area (Å²) in [6, 6.07) is 15.8. The van der Waals surface area contributed by atoms with Gasteiger partial charge in [0.15, 0.2) is 17.8 Å². The second-order valence-electron chi connectivity index (χ2n) is 11.5. The number of aromatic nitrogens is 5. The van der Waals surface area contributed by atoms with Crippen molar-refractivity contribution in [2.75, 3.05) is 62.7 Å². The fourth-order valence-corrected chi connectivity index (χ4v) is 5.91. The molecule has 0 saturated carbocycles. The zero-order chi connectivity index (χ0) is 31.5. The first-order chi connectivity index (χ1) is 22.5. The summed E-state index contributed by atoms with van der Waals surface area (Å²) in [5, 5.41) is 13.1. The van der Waals surface area contributed by atoms with Crippen molar-refractivity contribution in [2.45, 2.75) is 24.7 Å². The fourth-order valence-electron chi connectivity index (χ4n) is 5.91. The zero-order valence-electron chi connectivity index (χ0n) is 25.0. The molecule has 46 heavy (non-hydrogen) atoms. The Hall–Kier alpha value is -5.13. The maximum absolute atomic E-state index is 15.1. The Morgan fingerprint density at radius 2 is 1.89 bits per heavy atom. The lowest BCUT2D eigenvalue weighted by molar-refractivity contribution is -0.0660. The summed E-state index contributed by atoms with van der Waals surface area (Å²) in [7, 11) is 0. The Kier molecular flexibility index (Phi) is 8.41. The molecule has 2 N–H and O–H groups in total. The molecular formula is C32H33FN10O3. The van der Waals surface area contributed by atoms with Gasteiger partial charge < -0.3 is 29.6 Å². The first kappa shape index (κ1) is 29.6. The lowest BCUT2D eigenvalue weighted by Gasteiger charge is -2.43. The van der Waals surface area contributed by atoms with E-state index in [4.69, 9.17) is 9.47 Å². The molecule has 4 aromatic rings. The highest BCUT2D eigenvalue weighted by molar-refractivity contribution is 5.90. The third kappa shape index (κ3) is 6.33. The first-order valence-electron chi connectivity index (χ1n) is 15.3. The van der Waals surface area contributed by atoms with E-state index in [-0.39, 0.29) is 36.0 Å². The molecule has 236 valence electrons. The number of anilines is 3. The van der Waals surface area contributed by atoms with Crippen LogP contribution >= 0.6 is 0 Å². The smallest absolute Gasteiger partial charge is 0.289 e. The van der Waals surface area contributed by atoms with Crippen molar-refractivity contribution < 1.29 is 18.7 Å². The minimum atomic E-state index is -1.43. The van der Waals surface area contributed by atoms with E-state index in [0.29, 0.717) is 29.9 Å². The number of carbonyl (C=O) groups excluding carboxylic acids is 1. The van der Waals surface area contributed by atoms with Gasteiger partial charge in [-0.15, -0.1) is 0 Å². The number of aromatic amines is 1. The lowest BCUT2D eigenvalue weighted by atomic mass is 10.0. The molecule has 2 aromatic heterocycles. The molecule has 0 bridgehead atoms. The van der Waals surface area contributed by atoms with E-state index in [1.54, 1.807) is 24.4 Å². The number of rotatable bonds is 8. The normalized spacial score (nSPS) is 20.5.